The fraction of sp³-hybridized carbons (Fsp3) is 0.346. The van der Waals surface area contributed by atoms with Gasteiger partial charge in [-0.15, -0.1) is 0 Å². The normalized spacial score (nSPS) is 16.4. The van der Waals surface area contributed by atoms with E-state index in [2.05, 4.69) is 39.2 Å². The quantitative estimate of drug-likeness (QED) is 0.407. The van der Waals surface area contributed by atoms with E-state index in [4.69, 9.17) is 15.5 Å². The number of fused-ring (bicyclic) bond motifs is 1. The minimum atomic E-state index is 0.411. The number of methoxy groups -OCH3 is 1. The molecule has 0 saturated carbocycles. The molecular weight excluding hydrogens is 440 g/mol. The maximum atomic E-state index is 6.52. The number of likely N-dealkylation sites (N-methyl/N-ethyl adjacent to an activating group) is 2. The van der Waals surface area contributed by atoms with Crippen LogP contribution in [0.2, 0.25) is 0 Å². The fourth-order valence-electron chi connectivity index (χ4n) is 4.83. The molecule has 1 fully saturated rings. The molecule has 4 heterocycles. The van der Waals surface area contributed by atoms with Crippen LogP contribution in [0.1, 0.15) is 18.4 Å². The highest BCUT2D eigenvalue weighted by molar-refractivity contribution is 5.79. The number of hydrogen-bond acceptors (Lipinski definition) is 8. The van der Waals surface area contributed by atoms with E-state index in [-0.39, 0.29) is 0 Å². The molecule has 0 aliphatic carbocycles. The Labute approximate surface area is 205 Å². The number of imidazole rings is 1. The molecular formula is C26H32N8O. The average molecular weight is 473 g/mol. The summed E-state index contributed by atoms with van der Waals surface area (Å²) in [5, 5.41) is 3.30. The van der Waals surface area contributed by atoms with Gasteiger partial charge in [0.25, 0.3) is 0 Å². The summed E-state index contributed by atoms with van der Waals surface area (Å²) >= 11 is 0. The van der Waals surface area contributed by atoms with E-state index in [1.54, 1.807) is 13.3 Å². The summed E-state index contributed by atoms with van der Waals surface area (Å²) in [6, 6.07) is 10.2. The van der Waals surface area contributed by atoms with Crippen molar-refractivity contribution < 1.29 is 4.74 Å². The number of nitrogens with zero attached hydrogens (tertiary/aromatic N) is 6. The highest BCUT2D eigenvalue weighted by Gasteiger charge is 2.24. The molecule has 5 rings (SSSR count). The summed E-state index contributed by atoms with van der Waals surface area (Å²) in [5.74, 6) is 1.14. The molecule has 3 N–H and O–H groups in total. The van der Waals surface area contributed by atoms with Gasteiger partial charge in [-0.25, -0.2) is 15.0 Å². The number of aromatic nitrogens is 4. The fourth-order valence-corrected chi connectivity index (χ4v) is 4.83. The van der Waals surface area contributed by atoms with Crippen molar-refractivity contribution in [3.63, 3.8) is 0 Å². The molecule has 9 heteroatoms. The van der Waals surface area contributed by atoms with Crippen LogP contribution >= 0.6 is 0 Å². The van der Waals surface area contributed by atoms with Crippen LogP contribution in [0, 0.1) is 6.92 Å². The molecule has 1 aromatic carbocycles. The van der Waals surface area contributed by atoms with E-state index in [0.717, 1.165) is 47.8 Å². The van der Waals surface area contributed by atoms with Gasteiger partial charge in [-0.3, -0.25) is 4.40 Å². The van der Waals surface area contributed by atoms with Crippen molar-refractivity contribution >= 4 is 28.7 Å². The van der Waals surface area contributed by atoms with Crippen LogP contribution in [0.3, 0.4) is 0 Å². The summed E-state index contributed by atoms with van der Waals surface area (Å²) < 4.78 is 7.76. The minimum Gasteiger partial charge on any atom is -0.494 e. The smallest absolute Gasteiger partial charge is 0.227 e. The molecule has 4 aromatic rings. The van der Waals surface area contributed by atoms with Crippen LogP contribution in [0.15, 0.2) is 48.9 Å². The predicted molar refractivity (Wildman–Crippen MR) is 141 cm³/mol. The lowest BCUT2D eigenvalue weighted by atomic mass is 10.0. The van der Waals surface area contributed by atoms with E-state index in [9.17, 15) is 0 Å². The molecule has 0 radical (unpaired) electrons. The second-order valence-electron chi connectivity index (χ2n) is 9.20. The van der Waals surface area contributed by atoms with Gasteiger partial charge in [-0.1, -0.05) is 6.07 Å². The van der Waals surface area contributed by atoms with Gasteiger partial charge in [-0.2, -0.15) is 0 Å². The summed E-state index contributed by atoms with van der Waals surface area (Å²) in [4.78, 5) is 18.3. The Morgan fingerprint density at radius 3 is 2.89 bits per heavy atom. The third-order valence-electron chi connectivity index (χ3n) is 6.77. The van der Waals surface area contributed by atoms with Gasteiger partial charge in [0.1, 0.15) is 11.4 Å². The van der Waals surface area contributed by atoms with Gasteiger partial charge in [0.2, 0.25) is 5.95 Å². The van der Waals surface area contributed by atoms with Crippen LogP contribution in [0.25, 0.3) is 17.0 Å². The number of likely N-dealkylation sites (tertiary alicyclic amines) is 1. The number of nitrogen functional groups attached to an aromatic ring is 1. The maximum absolute atomic E-state index is 6.52. The van der Waals surface area contributed by atoms with Crippen LogP contribution < -0.4 is 20.7 Å². The lowest BCUT2D eigenvalue weighted by Gasteiger charge is -2.37. The number of rotatable bonds is 6. The molecule has 1 saturated heterocycles. The SMILES string of the molecule is COc1cc(N(C)C2CCCN(C)C2)c(N)cc1Nc1nccc(-c2cnc3c(C)cccn23)n1. The molecule has 3 aromatic heterocycles. The van der Waals surface area contributed by atoms with Crippen LogP contribution in [0.4, 0.5) is 23.0 Å². The first-order chi connectivity index (χ1) is 16.9. The molecule has 1 aliphatic heterocycles. The second-order valence-corrected chi connectivity index (χ2v) is 9.20. The lowest BCUT2D eigenvalue weighted by molar-refractivity contribution is 0.248. The van der Waals surface area contributed by atoms with Crippen molar-refractivity contribution in [3.05, 3.63) is 54.5 Å². The number of anilines is 4. The number of nitrogens with one attached hydrogen (secondary N) is 1. The van der Waals surface area contributed by atoms with Crippen molar-refractivity contribution in [1.29, 1.82) is 0 Å². The molecule has 1 aliphatic rings. The topological polar surface area (TPSA) is 96.8 Å². The van der Waals surface area contributed by atoms with E-state index in [1.165, 1.54) is 6.42 Å². The maximum Gasteiger partial charge on any atom is 0.227 e. The second kappa shape index (κ2) is 9.42. The zero-order chi connectivity index (χ0) is 24.5. The lowest BCUT2D eigenvalue weighted by Crippen LogP contribution is -2.45. The molecule has 1 unspecified atom stereocenters. The minimum absolute atomic E-state index is 0.411. The van der Waals surface area contributed by atoms with E-state index in [1.807, 2.05) is 54.0 Å². The van der Waals surface area contributed by atoms with Crippen molar-refractivity contribution in [2.45, 2.75) is 25.8 Å². The number of piperidine rings is 1. The highest BCUT2D eigenvalue weighted by atomic mass is 16.5. The van der Waals surface area contributed by atoms with Gasteiger partial charge < -0.3 is 25.6 Å². The highest BCUT2D eigenvalue weighted by Crippen LogP contribution is 2.37. The Kier molecular flexibility index (Phi) is 6.17. The number of aryl methyl sites for hydroxylation is 1. The van der Waals surface area contributed by atoms with Crippen LogP contribution in [0.5, 0.6) is 5.75 Å². The summed E-state index contributed by atoms with van der Waals surface area (Å²) in [6.45, 7) is 4.20. The van der Waals surface area contributed by atoms with Gasteiger partial charge in [-0.05, 0) is 57.1 Å². The first kappa shape index (κ1) is 22.9. The first-order valence-electron chi connectivity index (χ1n) is 11.9. The Morgan fingerprint density at radius 1 is 1.23 bits per heavy atom. The molecule has 35 heavy (non-hydrogen) atoms. The van der Waals surface area contributed by atoms with Crippen LogP contribution in [-0.4, -0.2) is 64.6 Å². The largest absolute Gasteiger partial charge is 0.494 e. The molecule has 182 valence electrons. The first-order valence-corrected chi connectivity index (χ1v) is 11.9. The van der Waals surface area contributed by atoms with E-state index < -0.39 is 0 Å². The van der Waals surface area contributed by atoms with Gasteiger partial charge in [0.15, 0.2) is 0 Å². The van der Waals surface area contributed by atoms with E-state index in [0.29, 0.717) is 29.1 Å². The Bertz CT molecular complexity index is 1350. The summed E-state index contributed by atoms with van der Waals surface area (Å²) in [7, 11) is 5.93. The van der Waals surface area contributed by atoms with Crippen molar-refractivity contribution in [2.75, 3.05) is 50.2 Å². The standard InChI is InChI=1S/C26H32N8O/c1-17-7-5-12-34-23(15-29-25(17)34)20-9-10-28-26(30-20)31-21-13-19(27)22(14-24(21)35-4)33(3)18-8-6-11-32(2)16-18/h5,7,9-10,12-15,18H,6,8,11,16,27H2,1-4H3,(H,28,30,31). The van der Waals surface area contributed by atoms with Gasteiger partial charge >= 0.3 is 0 Å². The van der Waals surface area contributed by atoms with E-state index >= 15 is 0 Å². The molecule has 9 nitrogen and oxygen atoms in total. The van der Waals surface area contributed by atoms with Crippen LogP contribution in [-0.2, 0) is 0 Å². The van der Waals surface area contributed by atoms with Crippen molar-refractivity contribution in [2.24, 2.45) is 0 Å². The Balaban J connectivity index is 1.43. The number of hydrogen-bond donors (Lipinski definition) is 2. The predicted octanol–water partition coefficient (Wildman–Crippen LogP) is 3.96. The number of ether oxygens (including phenoxy) is 1. The number of benzene rings is 1. The molecule has 0 amide bonds. The Morgan fingerprint density at radius 2 is 2.09 bits per heavy atom. The zero-order valence-corrected chi connectivity index (χ0v) is 20.7. The molecule has 1 atom stereocenters. The monoisotopic (exact) mass is 472 g/mol. The molecule has 0 bridgehead atoms. The summed E-state index contributed by atoms with van der Waals surface area (Å²) in [5.41, 5.74) is 12.6. The van der Waals surface area contributed by atoms with Gasteiger partial charge in [0, 0.05) is 38.1 Å². The van der Waals surface area contributed by atoms with Crippen molar-refractivity contribution in [3.8, 4) is 17.1 Å². The third kappa shape index (κ3) is 4.46. The molecule has 0 spiro atoms. The van der Waals surface area contributed by atoms with Gasteiger partial charge in [0.05, 0.1) is 41.8 Å². The van der Waals surface area contributed by atoms with Crippen molar-refractivity contribution in [1.82, 2.24) is 24.3 Å². The zero-order valence-electron chi connectivity index (χ0n) is 20.7. The average Bonchev–Trinajstić information content (AvgIpc) is 3.30. The third-order valence-corrected chi connectivity index (χ3v) is 6.77. The Hall–Kier alpha value is -3.85. The number of nitrogens with two attached hydrogens (primary N) is 1. The number of pyridine rings is 1. The summed E-state index contributed by atoms with van der Waals surface area (Å²) in [6.07, 6.45) is 7.88.